The van der Waals surface area contributed by atoms with Gasteiger partial charge in [-0.3, -0.25) is 4.68 Å². The van der Waals surface area contributed by atoms with Gasteiger partial charge in [0.15, 0.2) is 11.0 Å². The van der Waals surface area contributed by atoms with Gasteiger partial charge < -0.3 is 14.5 Å². The third-order valence-corrected chi connectivity index (χ3v) is 3.27. The average molecular weight is 298 g/mol. The summed E-state index contributed by atoms with van der Waals surface area (Å²) in [5.74, 6) is 1.48. The predicted octanol–water partition coefficient (Wildman–Crippen LogP) is 3.42. The molecule has 0 fully saturated rings. The summed E-state index contributed by atoms with van der Waals surface area (Å²) in [6.07, 6.45) is 1.73. The van der Waals surface area contributed by atoms with Crippen LogP contribution < -0.4 is 10.1 Å². The van der Waals surface area contributed by atoms with Crippen LogP contribution in [0.5, 0.6) is 5.75 Å². The highest BCUT2D eigenvalue weighted by Gasteiger charge is 2.26. The zero-order valence-corrected chi connectivity index (χ0v) is 12.9. The van der Waals surface area contributed by atoms with E-state index in [1.165, 1.54) is 0 Å². The van der Waals surface area contributed by atoms with Crippen molar-refractivity contribution in [1.82, 2.24) is 15.1 Å². The molecule has 0 saturated heterocycles. The molecule has 6 heteroatoms. The first-order valence-corrected chi connectivity index (χ1v) is 7.06. The maximum absolute atomic E-state index is 5.89. The summed E-state index contributed by atoms with van der Waals surface area (Å²) in [6.45, 7) is 6.98. The van der Waals surface area contributed by atoms with Crippen LogP contribution in [0.2, 0.25) is 5.22 Å². The Bertz CT molecular complexity index is 563. The second kappa shape index (κ2) is 6.33. The molecule has 0 amide bonds. The molecule has 110 valence electrons. The molecule has 0 aliphatic rings. The van der Waals surface area contributed by atoms with E-state index in [0.29, 0.717) is 5.22 Å². The van der Waals surface area contributed by atoms with Gasteiger partial charge in [-0.05, 0) is 44.1 Å². The van der Waals surface area contributed by atoms with Crippen molar-refractivity contribution < 1.29 is 9.15 Å². The molecule has 20 heavy (non-hydrogen) atoms. The molecule has 1 atom stereocenters. The minimum absolute atomic E-state index is 0.146. The lowest BCUT2D eigenvalue weighted by Gasteiger charge is -2.20. The molecule has 0 aliphatic heterocycles. The molecule has 0 radical (unpaired) electrons. The lowest BCUT2D eigenvalue weighted by molar-refractivity contribution is 0.377. The first-order chi connectivity index (χ1) is 9.58. The van der Waals surface area contributed by atoms with Crippen molar-refractivity contribution >= 4 is 11.6 Å². The van der Waals surface area contributed by atoms with Crippen LogP contribution in [0, 0.1) is 0 Å². The lowest BCUT2D eigenvalue weighted by Crippen LogP contribution is -2.25. The number of halogens is 1. The van der Waals surface area contributed by atoms with E-state index in [1.54, 1.807) is 19.4 Å². The highest BCUT2D eigenvalue weighted by atomic mass is 35.5. The van der Waals surface area contributed by atoms with Gasteiger partial charge in [0.2, 0.25) is 0 Å². The summed E-state index contributed by atoms with van der Waals surface area (Å²) in [7, 11) is 1.64. The summed E-state index contributed by atoms with van der Waals surface area (Å²) in [5.41, 5.74) is 0.940. The maximum Gasteiger partial charge on any atom is 0.193 e. The number of furan rings is 1. The van der Waals surface area contributed by atoms with Crippen molar-refractivity contribution in [2.45, 2.75) is 32.9 Å². The standard InChI is InChI=1S/C14H20ClN3O2/c1-5-16-13(10-6-7-12(15)20-10)14-11(19-4)8-17-18(14)9(2)3/h6-9,13,16H,5H2,1-4H3. The van der Waals surface area contributed by atoms with Gasteiger partial charge >= 0.3 is 0 Å². The van der Waals surface area contributed by atoms with Gasteiger partial charge in [-0.25, -0.2) is 0 Å². The van der Waals surface area contributed by atoms with E-state index in [4.69, 9.17) is 20.8 Å². The normalized spacial score (nSPS) is 12.9. The van der Waals surface area contributed by atoms with Gasteiger partial charge in [-0.15, -0.1) is 0 Å². The van der Waals surface area contributed by atoms with Gasteiger partial charge in [-0.1, -0.05) is 6.92 Å². The fraction of sp³-hybridized carbons (Fsp3) is 0.500. The molecule has 2 aromatic heterocycles. The van der Waals surface area contributed by atoms with E-state index in [2.05, 4.69) is 24.3 Å². The summed E-state index contributed by atoms with van der Waals surface area (Å²) >= 11 is 5.89. The van der Waals surface area contributed by atoms with Crippen molar-refractivity contribution in [2.24, 2.45) is 0 Å². The second-order valence-electron chi connectivity index (χ2n) is 4.77. The second-order valence-corrected chi connectivity index (χ2v) is 5.14. The van der Waals surface area contributed by atoms with Crippen LogP contribution in [0.3, 0.4) is 0 Å². The quantitative estimate of drug-likeness (QED) is 0.887. The Morgan fingerprint density at radius 2 is 2.20 bits per heavy atom. The number of aromatic nitrogens is 2. The number of hydrogen-bond donors (Lipinski definition) is 1. The minimum Gasteiger partial charge on any atom is -0.493 e. The third-order valence-electron chi connectivity index (χ3n) is 3.07. The van der Waals surface area contributed by atoms with Crippen LogP contribution in [0.25, 0.3) is 0 Å². The van der Waals surface area contributed by atoms with Crippen LogP contribution in [-0.4, -0.2) is 23.4 Å². The van der Waals surface area contributed by atoms with Crippen LogP contribution in [-0.2, 0) is 0 Å². The van der Waals surface area contributed by atoms with Gasteiger partial charge in [0.05, 0.1) is 13.3 Å². The molecule has 5 nitrogen and oxygen atoms in total. The van der Waals surface area contributed by atoms with Gasteiger partial charge in [0, 0.05) is 6.04 Å². The molecule has 0 aliphatic carbocycles. The molecule has 1 unspecified atom stereocenters. The van der Waals surface area contributed by atoms with Crippen LogP contribution in [0.15, 0.2) is 22.7 Å². The zero-order valence-electron chi connectivity index (χ0n) is 12.2. The molecule has 0 bridgehead atoms. The Balaban J connectivity index is 2.50. The molecule has 0 saturated carbocycles. The van der Waals surface area contributed by atoms with Crippen LogP contribution in [0.1, 0.15) is 44.3 Å². The number of hydrogen-bond acceptors (Lipinski definition) is 4. The first-order valence-electron chi connectivity index (χ1n) is 6.68. The van der Waals surface area contributed by atoms with E-state index < -0.39 is 0 Å². The van der Waals surface area contributed by atoms with Crippen molar-refractivity contribution in [1.29, 1.82) is 0 Å². The molecular weight excluding hydrogens is 278 g/mol. The van der Waals surface area contributed by atoms with E-state index in [-0.39, 0.29) is 12.1 Å². The number of rotatable bonds is 6. The predicted molar refractivity (Wildman–Crippen MR) is 78.4 cm³/mol. The van der Waals surface area contributed by atoms with Gasteiger partial charge in [0.25, 0.3) is 0 Å². The SMILES string of the molecule is CCNC(c1ccc(Cl)o1)c1c(OC)cnn1C(C)C. The number of methoxy groups -OCH3 is 1. The topological polar surface area (TPSA) is 52.2 Å². The highest BCUT2D eigenvalue weighted by molar-refractivity contribution is 6.28. The van der Waals surface area contributed by atoms with Crippen LogP contribution >= 0.6 is 11.6 Å². The van der Waals surface area contributed by atoms with Crippen molar-refractivity contribution in [3.8, 4) is 5.75 Å². The highest BCUT2D eigenvalue weighted by Crippen LogP contribution is 2.33. The average Bonchev–Trinajstić information content (AvgIpc) is 3.01. The maximum atomic E-state index is 5.89. The molecule has 2 heterocycles. The number of nitrogens with zero attached hydrogens (tertiary/aromatic N) is 2. The Kier molecular flexibility index (Phi) is 4.73. The smallest absolute Gasteiger partial charge is 0.193 e. The van der Waals surface area contributed by atoms with Gasteiger partial charge in [0.1, 0.15) is 17.5 Å². The number of nitrogens with one attached hydrogen (secondary N) is 1. The largest absolute Gasteiger partial charge is 0.493 e. The minimum atomic E-state index is -0.146. The van der Waals surface area contributed by atoms with Crippen molar-refractivity contribution in [3.05, 3.63) is 35.0 Å². The Hall–Kier alpha value is -1.46. The first kappa shape index (κ1) is 14.9. The fourth-order valence-corrected chi connectivity index (χ4v) is 2.37. The lowest BCUT2D eigenvalue weighted by atomic mass is 10.1. The Morgan fingerprint density at radius 1 is 1.45 bits per heavy atom. The van der Waals surface area contributed by atoms with E-state index in [0.717, 1.165) is 23.7 Å². The van der Waals surface area contributed by atoms with E-state index >= 15 is 0 Å². The van der Waals surface area contributed by atoms with Crippen molar-refractivity contribution in [2.75, 3.05) is 13.7 Å². The molecular formula is C14H20ClN3O2. The van der Waals surface area contributed by atoms with E-state index in [1.807, 2.05) is 17.7 Å². The fourth-order valence-electron chi connectivity index (χ4n) is 2.22. The van der Waals surface area contributed by atoms with Gasteiger partial charge in [-0.2, -0.15) is 5.10 Å². The Morgan fingerprint density at radius 3 is 2.70 bits per heavy atom. The number of ether oxygens (including phenoxy) is 1. The van der Waals surface area contributed by atoms with Crippen molar-refractivity contribution in [3.63, 3.8) is 0 Å². The molecule has 2 aromatic rings. The summed E-state index contributed by atoms with van der Waals surface area (Å²) in [6, 6.07) is 3.68. The third kappa shape index (κ3) is 2.83. The monoisotopic (exact) mass is 297 g/mol. The summed E-state index contributed by atoms with van der Waals surface area (Å²) < 4.78 is 12.9. The zero-order chi connectivity index (χ0) is 14.7. The Labute approximate surface area is 123 Å². The summed E-state index contributed by atoms with van der Waals surface area (Å²) in [5, 5.41) is 8.16. The molecule has 1 N–H and O–H groups in total. The molecule has 2 rings (SSSR count). The summed E-state index contributed by atoms with van der Waals surface area (Å²) in [4.78, 5) is 0. The molecule has 0 spiro atoms. The van der Waals surface area contributed by atoms with Crippen LogP contribution in [0.4, 0.5) is 0 Å². The molecule has 0 aromatic carbocycles. The van der Waals surface area contributed by atoms with E-state index in [9.17, 15) is 0 Å².